The van der Waals surface area contributed by atoms with E-state index >= 15 is 0 Å². The van der Waals surface area contributed by atoms with Gasteiger partial charge in [-0.2, -0.15) is 0 Å². The van der Waals surface area contributed by atoms with E-state index in [0.29, 0.717) is 12.1 Å². The molecular formula is C12H21NO. The standard InChI is InChI=1S/C12H21NO/c1-5-7-8-10-13(9-6-2)12(14)11(3)4/h6H,2-3,5,7-10H2,1,4H3. The summed E-state index contributed by atoms with van der Waals surface area (Å²) in [5.41, 5.74) is 0.600. The minimum atomic E-state index is 0.0426. The molecule has 0 rings (SSSR count). The third kappa shape index (κ3) is 4.85. The summed E-state index contributed by atoms with van der Waals surface area (Å²) in [6.07, 6.45) is 5.15. The van der Waals surface area contributed by atoms with E-state index in [1.54, 1.807) is 17.9 Å². The van der Waals surface area contributed by atoms with Crippen LogP contribution in [0.1, 0.15) is 33.1 Å². The molecule has 0 radical (unpaired) electrons. The fraction of sp³-hybridized carbons (Fsp3) is 0.583. The van der Waals surface area contributed by atoms with Gasteiger partial charge in [0, 0.05) is 18.7 Å². The van der Waals surface area contributed by atoms with Crippen LogP contribution in [0.2, 0.25) is 0 Å². The van der Waals surface area contributed by atoms with Gasteiger partial charge in [0.1, 0.15) is 0 Å². The Labute approximate surface area is 87.3 Å². The van der Waals surface area contributed by atoms with Crippen LogP contribution in [-0.2, 0) is 4.79 Å². The molecular weight excluding hydrogens is 174 g/mol. The number of amides is 1. The molecule has 0 aromatic carbocycles. The smallest absolute Gasteiger partial charge is 0.249 e. The summed E-state index contributed by atoms with van der Waals surface area (Å²) < 4.78 is 0. The molecule has 2 nitrogen and oxygen atoms in total. The molecule has 0 unspecified atom stereocenters. The molecule has 0 saturated carbocycles. The molecule has 80 valence electrons. The Morgan fingerprint density at radius 3 is 2.50 bits per heavy atom. The normalized spacial score (nSPS) is 9.57. The van der Waals surface area contributed by atoms with Crippen molar-refractivity contribution in [2.24, 2.45) is 0 Å². The maximum Gasteiger partial charge on any atom is 0.249 e. The van der Waals surface area contributed by atoms with E-state index in [1.807, 2.05) is 0 Å². The van der Waals surface area contributed by atoms with Crippen LogP contribution in [0, 0.1) is 0 Å². The van der Waals surface area contributed by atoms with E-state index in [2.05, 4.69) is 20.1 Å². The zero-order valence-electron chi connectivity index (χ0n) is 9.38. The van der Waals surface area contributed by atoms with Crippen molar-refractivity contribution < 1.29 is 4.79 Å². The maximum atomic E-state index is 11.6. The number of carbonyl (C=O) groups is 1. The number of carbonyl (C=O) groups excluding carboxylic acids is 1. The molecule has 1 amide bonds. The Morgan fingerprint density at radius 2 is 2.07 bits per heavy atom. The Balaban J connectivity index is 4.07. The summed E-state index contributed by atoms with van der Waals surface area (Å²) in [6.45, 7) is 12.6. The SMILES string of the molecule is C=CCN(CCCCC)C(=O)C(=C)C. The monoisotopic (exact) mass is 195 g/mol. The van der Waals surface area contributed by atoms with Crippen molar-refractivity contribution in [2.45, 2.75) is 33.1 Å². The van der Waals surface area contributed by atoms with Gasteiger partial charge in [0.25, 0.3) is 0 Å². The molecule has 0 N–H and O–H groups in total. The minimum absolute atomic E-state index is 0.0426. The Bertz CT molecular complexity index is 208. The van der Waals surface area contributed by atoms with E-state index in [1.165, 1.54) is 6.42 Å². The summed E-state index contributed by atoms with van der Waals surface area (Å²) in [5, 5.41) is 0. The summed E-state index contributed by atoms with van der Waals surface area (Å²) in [5.74, 6) is 0.0426. The van der Waals surface area contributed by atoms with Gasteiger partial charge in [-0.1, -0.05) is 32.4 Å². The molecule has 2 heteroatoms. The molecule has 0 bridgehead atoms. The van der Waals surface area contributed by atoms with Crippen molar-refractivity contribution in [2.75, 3.05) is 13.1 Å². The van der Waals surface area contributed by atoms with Crippen LogP contribution in [-0.4, -0.2) is 23.9 Å². The van der Waals surface area contributed by atoms with Gasteiger partial charge >= 0.3 is 0 Å². The first-order valence-electron chi connectivity index (χ1n) is 5.19. The average molecular weight is 195 g/mol. The second-order valence-corrected chi connectivity index (χ2v) is 3.53. The summed E-state index contributed by atoms with van der Waals surface area (Å²) >= 11 is 0. The van der Waals surface area contributed by atoms with E-state index < -0.39 is 0 Å². The predicted molar refractivity (Wildman–Crippen MR) is 61.1 cm³/mol. The molecule has 0 aliphatic heterocycles. The Kier molecular flexibility index (Phi) is 6.81. The molecule has 0 aromatic rings. The average Bonchev–Trinajstić information content (AvgIpc) is 2.15. The van der Waals surface area contributed by atoms with Gasteiger partial charge in [-0.25, -0.2) is 0 Å². The molecule has 0 aromatic heterocycles. The lowest BCUT2D eigenvalue weighted by atomic mass is 10.2. The van der Waals surface area contributed by atoms with E-state index in [-0.39, 0.29) is 5.91 Å². The van der Waals surface area contributed by atoms with Crippen molar-refractivity contribution in [3.05, 3.63) is 24.8 Å². The number of hydrogen-bond acceptors (Lipinski definition) is 1. The van der Waals surface area contributed by atoms with E-state index in [9.17, 15) is 4.79 Å². The summed E-state index contributed by atoms with van der Waals surface area (Å²) in [7, 11) is 0. The van der Waals surface area contributed by atoms with Crippen LogP contribution < -0.4 is 0 Å². The van der Waals surface area contributed by atoms with Crippen molar-refractivity contribution in [1.29, 1.82) is 0 Å². The van der Waals surface area contributed by atoms with Crippen LogP contribution in [0.5, 0.6) is 0 Å². The van der Waals surface area contributed by atoms with Crippen LogP contribution in [0.15, 0.2) is 24.8 Å². The highest BCUT2D eigenvalue weighted by molar-refractivity contribution is 5.92. The molecule has 0 atom stereocenters. The molecule has 0 fully saturated rings. The van der Waals surface area contributed by atoms with Crippen LogP contribution in [0.4, 0.5) is 0 Å². The van der Waals surface area contributed by atoms with E-state index in [0.717, 1.165) is 19.4 Å². The van der Waals surface area contributed by atoms with Crippen LogP contribution >= 0.6 is 0 Å². The topological polar surface area (TPSA) is 20.3 Å². The van der Waals surface area contributed by atoms with Crippen LogP contribution in [0.3, 0.4) is 0 Å². The van der Waals surface area contributed by atoms with Crippen molar-refractivity contribution in [3.63, 3.8) is 0 Å². The molecule has 0 spiro atoms. The van der Waals surface area contributed by atoms with Gasteiger partial charge in [-0.3, -0.25) is 4.79 Å². The predicted octanol–water partition coefficient (Wildman–Crippen LogP) is 2.77. The first-order valence-corrected chi connectivity index (χ1v) is 5.19. The fourth-order valence-electron chi connectivity index (χ4n) is 1.25. The number of unbranched alkanes of at least 4 members (excludes halogenated alkanes) is 2. The zero-order chi connectivity index (χ0) is 11.0. The first kappa shape index (κ1) is 12.9. The van der Waals surface area contributed by atoms with Gasteiger partial charge < -0.3 is 4.90 Å². The first-order chi connectivity index (χ1) is 6.63. The van der Waals surface area contributed by atoms with Gasteiger partial charge in [-0.15, -0.1) is 6.58 Å². The summed E-state index contributed by atoms with van der Waals surface area (Å²) in [4.78, 5) is 13.4. The van der Waals surface area contributed by atoms with Crippen molar-refractivity contribution >= 4 is 5.91 Å². The fourth-order valence-corrected chi connectivity index (χ4v) is 1.25. The molecule has 0 saturated heterocycles. The highest BCUT2D eigenvalue weighted by Crippen LogP contribution is 2.03. The second kappa shape index (κ2) is 7.36. The zero-order valence-corrected chi connectivity index (χ0v) is 9.38. The third-order valence-corrected chi connectivity index (χ3v) is 2.03. The van der Waals surface area contributed by atoms with Crippen molar-refractivity contribution in [1.82, 2.24) is 4.90 Å². The van der Waals surface area contributed by atoms with Gasteiger partial charge in [0.15, 0.2) is 0 Å². The molecule has 0 aliphatic rings. The van der Waals surface area contributed by atoms with Gasteiger partial charge in [-0.05, 0) is 13.3 Å². The number of rotatable bonds is 7. The van der Waals surface area contributed by atoms with Gasteiger partial charge in [0.2, 0.25) is 5.91 Å². The van der Waals surface area contributed by atoms with Crippen LogP contribution in [0.25, 0.3) is 0 Å². The highest BCUT2D eigenvalue weighted by Gasteiger charge is 2.11. The molecule has 14 heavy (non-hydrogen) atoms. The third-order valence-electron chi connectivity index (χ3n) is 2.03. The lowest BCUT2D eigenvalue weighted by molar-refractivity contribution is -0.126. The minimum Gasteiger partial charge on any atom is -0.335 e. The number of nitrogens with zero attached hydrogens (tertiary/aromatic N) is 1. The Hall–Kier alpha value is -1.05. The quantitative estimate of drug-likeness (QED) is 0.347. The lowest BCUT2D eigenvalue weighted by Crippen LogP contribution is -2.32. The number of hydrogen-bond donors (Lipinski definition) is 0. The van der Waals surface area contributed by atoms with E-state index in [4.69, 9.17) is 0 Å². The maximum absolute atomic E-state index is 11.6. The lowest BCUT2D eigenvalue weighted by Gasteiger charge is -2.20. The van der Waals surface area contributed by atoms with Gasteiger partial charge in [0.05, 0.1) is 0 Å². The van der Waals surface area contributed by atoms with Crippen molar-refractivity contribution in [3.8, 4) is 0 Å². The highest BCUT2D eigenvalue weighted by atomic mass is 16.2. The molecule has 0 heterocycles. The summed E-state index contributed by atoms with van der Waals surface area (Å²) in [6, 6.07) is 0. The largest absolute Gasteiger partial charge is 0.335 e. The molecule has 0 aliphatic carbocycles. The second-order valence-electron chi connectivity index (χ2n) is 3.53. The Morgan fingerprint density at radius 1 is 1.43 bits per heavy atom.